The minimum atomic E-state index is -0.655. The number of aryl methyl sites for hydroxylation is 2. The molecule has 0 unspecified atom stereocenters. The van der Waals surface area contributed by atoms with Crippen molar-refractivity contribution < 1.29 is 9.53 Å². The molecule has 2 N–H and O–H groups in total. The van der Waals surface area contributed by atoms with Crippen LogP contribution in [0.2, 0.25) is 10.0 Å². The van der Waals surface area contributed by atoms with E-state index in [-0.39, 0.29) is 17.2 Å². The molecule has 4 rings (SSSR count). The monoisotopic (exact) mass is 493 g/mol. The number of carbonyl (C=O) groups is 1. The molecule has 0 saturated heterocycles. The summed E-state index contributed by atoms with van der Waals surface area (Å²) in [6, 6.07) is 13.6. The standard InChI is InChI=1S/C12H8BrCl2N3O2.C9H10/c1-20-12(19)9-8(17-10(13)11(16)18-9)6-3-2-5(14)4-7(6)15;1-2-5-9-7-3-6-8(9)4-1/h2-4H,1H3,(H2,16,18);1-2,4-5H,3,6-7H2. The van der Waals surface area contributed by atoms with Crippen LogP contribution in [0.3, 0.4) is 0 Å². The van der Waals surface area contributed by atoms with Gasteiger partial charge in [0.1, 0.15) is 10.3 Å². The van der Waals surface area contributed by atoms with Gasteiger partial charge in [-0.15, -0.1) is 0 Å². The van der Waals surface area contributed by atoms with E-state index in [1.165, 1.54) is 26.4 Å². The molecule has 0 aliphatic heterocycles. The summed E-state index contributed by atoms with van der Waals surface area (Å²) in [6.45, 7) is 0. The Morgan fingerprint density at radius 1 is 1.10 bits per heavy atom. The lowest BCUT2D eigenvalue weighted by Crippen LogP contribution is -2.11. The van der Waals surface area contributed by atoms with Crippen molar-refractivity contribution in [2.24, 2.45) is 0 Å². The molecule has 2 aromatic carbocycles. The summed E-state index contributed by atoms with van der Waals surface area (Å²) in [7, 11) is 1.25. The Kier molecular flexibility index (Phi) is 7.11. The third kappa shape index (κ3) is 5.07. The fourth-order valence-electron chi connectivity index (χ4n) is 3.05. The van der Waals surface area contributed by atoms with Gasteiger partial charge in [-0.1, -0.05) is 47.5 Å². The smallest absolute Gasteiger partial charge is 0.359 e. The third-order valence-corrected chi connectivity index (χ3v) is 5.58. The van der Waals surface area contributed by atoms with Gasteiger partial charge in [0.2, 0.25) is 0 Å². The van der Waals surface area contributed by atoms with E-state index < -0.39 is 5.97 Å². The Morgan fingerprint density at radius 2 is 1.76 bits per heavy atom. The first kappa shape index (κ1) is 21.6. The van der Waals surface area contributed by atoms with Crippen molar-refractivity contribution in [1.82, 2.24) is 9.97 Å². The molecule has 0 spiro atoms. The van der Waals surface area contributed by atoms with Gasteiger partial charge in [0.25, 0.3) is 0 Å². The molecule has 8 heteroatoms. The number of nitrogens with two attached hydrogens (primary N) is 1. The molecule has 1 heterocycles. The van der Waals surface area contributed by atoms with E-state index in [2.05, 4.69) is 54.9 Å². The van der Waals surface area contributed by atoms with Crippen molar-refractivity contribution in [2.45, 2.75) is 19.3 Å². The van der Waals surface area contributed by atoms with E-state index in [9.17, 15) is 4.79 Å². The van der Waals surface area contributed by atoms with Crippen molar-refractivity contribution in [3.63, 3.8) is 0 Å². The van der Waals surface area contributed by atoms with E-state index in [0.717, 1.165) is 0 Å². The zero-order chi connectivity index (χ0) is 21.0. The number of methoxy groups -OCH3 is 1. The van der Waals surface area contributed by atoms with Crippen LogP contribution in [0, 0.1) is 0 Å². The normalized spacial score (nSPS) is 12.0. The fraction of sp³-hybridized carbons (Fsp3) is 0.190. The summed E-state index contributed by atoms with van der Waals surface area (Å²) in [5.74, 6) is -0.572. The molecule has 0 radical (unpaired) electrons. The van der Waals surface area contributed by atoms with E-state index >= 15 is 0 Å². The van der Waals surface area contributed by atoms with Gasteiger partial charge < -0.3 is 10.5 Å². The molecule has 29 heavy (non-hydrogen) atoms. The molecule has 5 nitrogen and oxygen atoms in total. The Bertz CT molecular complexity index is 1040. The molecule has 0 bridgehead atoms. The maximum absolute atomic E-state index is 11.8. The minimum Gasteiger partial charge on any atom is -0.464 e. The Balaban J connectivity index is 0.000000220. The highest BCUT2D eigenvalue weighted by atomic mass is 79.9. The van der Waals surface area contributed by atoms with Crippen LogP contribution >= 0.6 is 39.1 Å². The van der Waals surface area contributed by atoms with Crippen LogP contribution in [0.1, 0.15) is 28.0 Å². The second kappa shape index (κ2) is 9.57. The summed E-state index contributed by atoms with van der Waals surface area (Å²) in [4.78, 5) is 20.0. The number of nitrogen functional groups attached to an aromatic ring is 1. The number of hydrogen-bond donors (Lipinski definition) is 1. The van der Waals surface area contributed by atoms with Crippen LogP contribution in [0.25, 0.3) is 11.3 Å². The molecule has 3 aromatic rings. The van der Waals surface area contributed by atoms with Crippen LogP contribution < -0.4 is 5.73 Å². The molecule has 1 aromatic heterocycles. The predicted octanol–water partition coefficient (Wildman–Crippen LogP) is 5.76. The van der Waals surface area contributed by atoms with Gasteiger partial charge in [0.15, 0.2) is 11.5 Å². The number of rotatable bonds is 2. The van der Waals surface area contributed by atoms with Crippen LogP contribution in [0.5, 0.6) is 0 Å². The van der Waals surface area contributed by atoms with Gasteiger partial charge in [0, 0.05) is 10.6 Å². The number of esters is 1. The predicted molar refractivity (Wildman–Crippen MR) is 119 cm³/mol. The average molecular weight is 495 g/mol. The largest absolute Gasteiger partial charge is 0.464 e. The number of carbonyl (C=O) groups excluding carboxylic acids is 1. The highest BCUT2D eigenvalue weighted by Crippen LogP contribution is 2.32. The summed E-state index contributed by atoms with van der Waals surface area (Å²) in [5.41, 5.74) is 9.53. The van der Waals surface area contributed by atoms with Gasteiger partial charge in [-0.2, -0.15) is 0 Å². The molecular formula is C21H18BrCl2N3O2. The number of halogens is 3. The van der Waals surface area contributed by atoms with Crippen molar-refractivity contribution in [3.8, 4) is 11.3 Å². The van der Waals surface area contributed by atoms with E-state index in [1.54, 1.807) is 29.3 Å². The van der Waals surface area contributed by atoms with E-state index in [4.69, 9.17) is 28.9 Å². The highest BCUT2D eigenvalue weighted by molar-refractivity contribution is 9.10. The third-order valence-electron chi connectivity index (χ3n) is 4.45. The summed E-state index contributed by atoms with van der Waals surface area (Å²) in [6.07, 6.45) is 3.96. The summed E-state index contributed by atoms with van der Waals surface area (Å²) >= 11 is 15.1. The Morgan fingerprint density at radius 3 is 2.34 bits per heavy atom. The summed E-state index contributed by atoms with van der Waals surface area (Å²) in [5, 5.41) is 0.814. The number of nitrogens with zero attached hydrogens (tertiary/aromatic N) is 2. The second-order valence-corrected chi connectivity index (χ2v) is 7.93. The molecule has 1 aliphatic carbocycles. The lowest BCUT2D eigenvalue weighted by Gasteiger charge is -2.10. The van der Waals surface area contributed by atoms with E-state index in [1.807, 2.05) is 0 Å². The topological polar surface area (TPSA) is 78.1 Å². The highest BCUT2D eigenvalue weighted by Gasteiger charge is 2.21. The number of benzene rings is 2. The number of ether oxygens (including phenoxy) is 1. The van der Waals surface area contributed by atoms with Gasteiger partial charge in [-0.3, -0.25) is 0 Å². The Hall–Kier alpha value is -2.15. The van der Waals surface area contributed by atoms with Gasteiger partial charge in [0.05, 0.1) is 12.1 Å². The minimum absolute atomic E-state index is 0.0163. The first-order valence-electron chi connectivity index (χ1n) is 8.84. The first-order valence-corrected chi connectivity index (χ1v) is 10.4. The van der Waals surface area contributed by atoms with Crippen molar-refractivity contribution >= 4 is 50.9 Å². The van der Waals surface area contributed by atoms with Crippen molar-refractivity contribution in [2.75, 3.05) is 12.8 Å². The molecule has 0 atom stereocenters. The van der Waals surface area contributed by atoms with Gasteiger partial charge >= 0.3 is 5.97 Å². The first-order chi connectivity index (χ1) is 13.9. The molecular weight excluding hydrogens is 477 g/mol. The lowest BCUT2D eigenvalue weighted by atomic mass is 10.1. The lowest BCUT2D eigenvalue weighted by molar-refractivity contribution is 0.0594. The molecule has 150 valence electrons. The summed E-state index contributed by atoms with van der Waals surface area (Å²) < 4.78 is 4.99. The number of anilines is 1. The van der Waals surface area contributed by atoms with Crippen molar-refractivity contribution in [1.29, 1.82) is 0 Å². The molecule has 1 aliphatic rings. The van der Waals surface area contributed by atoms with Crippen molar-refractivity contribution in [3.05, 3.63) is 73.9 Å². The van der Waals surface area contributed by atoms with Crippen LogP contribution in [-0.4, -0.2) is 23.0 Å². The SMILES string of the molecule is COC(=O)c1nc(N)c(Br)nc1-c1ccc(Cl)cc1Cl.c1ccc2c(c1)CCC2. The maximum atomic E-state index is 11.8. The second-order valence-electron chi connectivity index (χ2n) is 6.33. The Labute approximate surface area is 187 Å². The van der Waals surface area contributed by atoms with Crippen LogP contribution in [-0.2, 0) is 17.6 Å². The average Bonchev–Trinajstić information content (AvgIpc) is 3.19. The van der Waals surface area contributed by atoms with Gasteiger partial charge in [-0.05, 0) is 64.5 Å². The zero-order valence-corrected chi connectivity index (χ0v) is 18.7. The van der Waals surface area contributed by atoms with Crippen LogP contribution in [0.4, 0.5) is 5.82 Å². The molecule has 0 amide bonds. The fourth-order valence-corrected chi connectivity index (χ4v) is 3.81. The molecule has 0 saturated carbocycles. The number of fused-ring (bicyclic) bond motifs is 1. The number of hydrogen-bond acceptors (Lipinski definition) is 5. The molecule has 0 fully saturated rings. The maximum Gasteiger partial charge on any atom is 0.359 e. The van der Waals surface area contributed by atoms with Crippen LogP contribution in [0.15, 0.2) is 47.1 Å². The zero-order valence-electron chi connectivity index (χ0n) is 15.6. The van der Waals surface area contributed by atoms with E-state index in [0.29, 0.717) is 20.2 Å². The van der Waals surface area contributed by atoms with Gasteiger partial charge in [-0.25, -0.2) is 14.8 Å². The number of aromatic nitrogens is 2. The quantitative estimate of drug-likeness (QED) is 0.458.